The zero-order chi connectivity index (χ0) is 23.3. The average Bonchev–Trinajstić information content (AvgIpc) is 3.07. The van der Waals surface area contributed by atoms with Gasteiger partial charge in [0.05, 0.1) is 24.9 Å². The lowest BCUT2D eigenvalue weighted by Gasteiger charge is -2.12. The number of aryl methyl sites for hydroxylation is 5. The fraction of sp³-hybridized carbons (Fsp3) is 0.391. The van der Waals surface area contributed by atoms with E-state index < -0.39 is 0 Å². The van der Waals surface area contributed by atoms with E-state index in [-0.39, 0.29) is 17.9 Å². The molecule has 0 saturated carbocycles. The van der Waals surface area contributed by atoms with E-state index in [0.29, 0.717) is 42.2 Å². The van der Waals surface area contributed by atoms with E-state index in [0.717, 1.165) is 22.5 Å². The van der Waals surface area contributed by atoms with Crippen molar-refractivity contribution < 1.29 is 4.79 Å². The third kappa shape index (κ3) is 5.83. The number of amides is 1. The van der Waals surface area contributed by atoms with E-state index in [1.807, 2.05) is 45.3 Å². The van der Waals surface area contributed by atoms with Gasteiger partial charge in [0.15, 0.2) is 0 Å². The first-order valence-electron chi connectivity index (χ1n) is 10.5. The minimum Gasteiger partial charge on any atom is -0.352 e. The van der Waals surface area contributed by atoms with Crippen LogP contribution in [0.1, 0.15) is 33.6 Å². The molecule has 0 unspecified atom stereocenters. The minimum atomic E-state index is -0.238. The van der Waals surface area contributed by atoms with Gasteiger partial charge < -0.3 is 10.6 Å². The van der Waals surface area contributed by atoms with Gasteiger partial charge >= 0.3 is 0 Å². The molecular formula is C23H29ClN6O2. The van der Waals surface area contributed by atoms with Crippen molar-refractivity contribution in [3.05, 3.63) is 79.5 Å². The van der Waals surface area contributed by atoms with Gasteiger partial charge in [-0.3, -0.25) is 14.3 Å². The maximum absolute atomic E-state index is 13.0. The van der Waals surface area contributed by atoms with E-state index in [2.05, 4.69) is 20.8 Å². The van der Waals surface area contributed by atoms with Crippen molar-refractivity contribution in [1.29, 1.82) is 0 Å². The lowest BCUT2D eigenvalue weighted by Crippen LogP contribution is -2.33. The van der Waals surface area contributed by atoms with Crippen LogP contribution < -0.4 is 16.2 Å². The minimum absolute atomic E-state index is 0.0000675. The molecular weight excluding hydrogens is 428 g/mol. The Kier molecular flexibility index (Phi) is 7.82. The van der Waals surface area contributed by atoms with Crippen molar-refractivity contribution in [2.45, 2.75) is 46.3 Å². The fourth-order valence-corrected chi connectivity index (χ4v) is 3.84. The van der Waals surface area contributed by atoms with Crippen LogP contribution in [0.2, 0.25) is 5.02 Å². The monoisotopic (exact) mass is 456 g/mol. The van der Waals surface area contributed by atoms with Crippen molar-refractivity contribution in [3.63, 3.8) is 0 Å². The number of benzene rings is 1. The third-order valence-electron chi connectivity index (χ3n) is 5.39. The van der Waals surface area contributed by atoms with Crippen molar-refractivity contribution in [1.82, 2.24) is 30.2 Å². The van der Waals surface area contributed by atoms with Gasteiger partial charge in [-0.2, -0.15) is 10.2 Å². The summed E-state index contributed by atoms with van der Waals surface area (Å²) in [5.41, 5.74) is 4.88. The molecule has 2 N–H and O–H groups in total. The van der Waals surface area contributed by atoms with Gasteiger partial charge in [0.2, 0.25) is 5.91 Å². The quantitative estimate of drug-likeness (QED) is 0.514. The highest BCUT2D eigenvalue weighted by Gasteiger charge is 2.14. The van der Waals surface area contributed by atoms with E-state index in [1.54, 1.807) is 17.8 Å². The molecule has 0 bridgehead atoms. The van der Waals surface area contributed by atoms with Crippen molar-refractivity contribution in [2.24, 2.45) is 7.05 Å². The van der Waals surface area contributed by atoms with Gasteiger partial charge in [0.1, 0.15) is 0 Å². The Bertz CT molecular complexity index is 1170. The summed E-state index contributed by atoms with van der Waals surface area (Å²) in [7, 11) is 3.75. The predicted molar refractivity (Wildman–Crippen MR) is 125 cm³/mol. The molecule has 32 heavy (non-hydrogen) atoms. The molecule has 0 aliphatic heterocycles. The second-order valence-electron chi connectivity index (χ2n) is 7.88. The summed E-state index contributed by atoms with van der Waals surface area (Å²) in [6.07, 6.45) is 2.27. The lowest BCUT2D eigenvalue weighted by atomic mass is 10.1. The summed E-state index contributed by atoms with van der Waals surface area (Å²) >= 11 is 6.12. The first kappa shape index (κ1) is 23.7. The van der Waals surface area contributed by atoms with Gasteiger partial charge in [0.25, 0.3) is 5.56 Å². The maximum atomic E-state index is 13.0. The maximum Gasteiger partial charge on any atom is 0.270 e. The Morgan fingerprint density at radius 2 is 1.94 bits per heavy atom. The van der Waals surface area contributed by atoms with Crippen LogP contribution in [0.5, 0.6) is 0 Å². The molecule has 0 spiro atoms. The largest absolute Gasteiger partial charge is 0.352 e. The van der Waals surface area contributed by atoms with Crippen LogP contribution in [0.15, 0.2) is 35.3 Å². The summed E-state index contributed by atoms with van der Waals surface area (Å²) in [5, 5.41) is 15.2. The topological polar surface area (TPSA) is 93.8 Å². The molecule has 2 aromatic heterocycles. The summed E-state index contributed by atoms with van der Waals surface area (Å²) in [6.45, 7) is 5.17. The fourth-order valence-electron chi connectivity index (χ4n) is 3.64. The molecule has 0 aliphatic rings. The number of hydrogen-bond donors (Lipinski definition) is 2. The van der Waals surface area contributed by atoms with Crippen LogP contribution in [-0.2, 0) is 44.3 Å². The Morgan fingerprint density at radius 3 is 2.62 bits per heavy atom. The Balaban J connectivity index is 1.68. The third-order valence-corrected chi connectivity index (χ3v) is 5.62. The van der Waals surface area contributed by atoms with E-state index in [4.69, 9.17) is 11.6 Å². The molecule has 0 fully saturated rings. The lowest BCUT2D eigenvalue weighted by molar-refractivity contribution is -0.120. The zero-order valence-corrected chi connectivity index (χ0v) is 19.7. The van der Waals surface area contributed by atoms with Gasteiger partial charge in [-0.15, -0.1) is 0 Å². The van der Waals surface area contributed by atoms with Crippen molar-refractivity contribution in [2.75, 3.05) is 7.05 Å². The van der Waals surface area contributed by atoms with Crippen molar-refractivity contribution >= 4 is 17.5 Å². The molecule has 0 saturated heterocycles. The average molecular weight is 457 g/mol. The normalized spacial score (nSPS) is 11.0. The van der Waals surface area contributed by atoms with Crippen molar-refractivity contribution in [3.8, 4) is 0 Å². The first-order valence-corrected chi connectivity index (χ1v) is 10.9. The number of carbonyl (C=O) groups excluding carboxylic acids is 1. The van der Waals surface area contributed by atoms with Crippen LogP contribution in [0.25, 0.3) is 0 Å². The van der Waals surface area contributed by atoms with Gasteiger partial charge in [-0.1, -0.05) is 17.7 Å². The molecule has 0 atom stereocenters. The van der Waals surface area contributed by atoms with Crippen LogP contribution in [0, 0.1) is 13.8 Å². The SMILES string of the molecule is CNCc1ccc(Cl)cc1CNC(=O)Cc1c(C)cnn(CCc2cc(C)nn2C)c1=O. The van der Waals surface area contributed by atoms with Crippen LogP contribution >= 0.6 is 11.6 Å². The first-order chi connectivity index (χ1) is 15.3. The Hall–Kier alpha value is -2.97. The Morgan fingerprint density at radius 1 is 1.16 bits per heavy atom. The molecule has 2 heterocycles. The highest BCUT2D eigenvalue weighted by Crippen LogP contribution is 2.16. The van der Waals surface area contributed by atoms with E-state index in [9.17, 15) is 9.59 Å². The summed E-state index contributed by atoms with van der Waals surface area (Å²) in [6, 6.07) is 7.61. The van der Waals surface area contributed by atoms with Crippen LogP contribution in [-0.4, -0.2) is 32.5 Å². The molecule has 9 heteroatoms. The molecule has 0 aliphatic carbocycles. The zero-order valence-electron chi connectivity index (χ0n) is 18.9. The number of nitrogens with one attached hydrogen (secondary N) is 2. The molecule has 8 nitrogen and oxygen atoms in total. The number of hydrogen-bond acceptors (Lipinski definition) is 5. The molecule has 3 rings (SSSR count). The molecule has 1 aromatic carbocycles. The van der Waals surface area contributed by atoms with Gasteiger partial charge in [-0.25, -0.2) is 4.68 Å². The number of nitrogens with zero attached hydrogens (tertiary/aromatic N) is 4. The van der Waals surface area contributed by atoms with E-state index >= 15 is 0 Å². The number of aromatic nitrogens is 4. The smallest absolute Gasteiger partial charge is 0.270 e. The second-order valence-corrected chi connectivity index (χ2v) is 8.32. The highest BCUT2D eigenvalue weighted by atomic mass is 35.5. The molecule has 1 amide bonds. The highest BCUT2D eigenvalue weighted by molar-refractivity contribution is 6.30. The Labute approximate surface area is 192 Å². The number of halogens is 1. The second kappa shape index (κ2) is 10.6. The van der Waals surface area contributed by atoms with Gasteiger partial charge in [0, 0.05) is 42.8 Å². The summed E-state index contributed by atoms with van der Waals surface area (Å²) in [4.78, 5) is 25.6. The van der Waals surface area contributed by atoms with Gasteiger partial charge in [-0.05, 0) is 55.8 Å². The standard InChI is InChI=1S/C23H29ClN6O2/c1-15-12-27-30(8-7-20-9-16(2)28-29(20)4)23(32)21(15)11-22(31)26-14-18-10-19(24)6-5-17(18)13-25-3/h5-6,9-10,12,25H,7-8,11,13-14H2,1-4H3,(H,26,31). The predicted octanol–water partition coefficient (Wildman–Crippen LogP) is 2.07. The van der Waals surface area contributed by atoms with Crippen LogP contribution in [0.4, 0.5) is 0 Å². The van der Waals surface area contributed by atoms with E-state index in [1.165, 1.54) is 4.68 Å². The molecule has 3 aromatic rings. The molecule has 170 valence electrons. The summed E-state index contributed by atoms with van der Waals surface area (Å²) < 4.78 is 3.22. The molecule has 0 radical (unpaired) electrons. The number of rotatable bonds is 9. The number of carbonyl (C=O) groups is 1. The summed E-state index contributed by atoms with van der Waals surface area (Å²) in [5.74, 6) is -0.222. The van der Waals surface area contributed by atoms with Crippen LogP contribution in [0.3, 0.4) is 0 Å².